The van der Waals surface area contributed by atoms with Crippen molar-refractivity contribution in [2.24, 2.45) is 0 Å². The Balaban J connectivity index is 2.90. The highest BCUT2D eigenvalue weighted by Crippen LogP contribution is 2.50. The number of para-hydroxylation sites is 1. The van der Waals surface area contributed by atoms with Crippen LogP contribution in [0.5, 0.6) is 5.75 Å². The Morgan fingerprint density at radius 3 is 2.37 bits per heavy atom. The van der Waals surface area contributed by atoms with Crippen LogP contribution in [0.1, 0.15) is 0 Å². The summed E-state index contributed by atoms with van der Waals surface area (Å²) in [7, 11) is -1.33. The van der Waals surface area contributed by atoms with E-state index in [1.54, 1.807) is 30.3 Å². The van der Waals surface area contributed by atoms with E-state index in [0.717, 1.165) is 5.49 Å². The predicted octanol–water partition coefficient (Wildman–Crippen LogP) is 1.95. The van der Waals surface area contributed by atoms with Crippen LogP contribution < -0.4 is 10.1 Å². The van der Waals surface area contributed by atoms with Gasteiger partial charge in [0.25, 0.3) is 0 Å². The van der Waals surface area contributed by atoms with Crippen molar-refractivity contribution in [3.63, 3.8) is 0 Å². The van der Waals surface area contributed by atoms with Crippen molar-refractivity contribution in [2.45, 2.75) is 5.78 Å². The summed E-state index contributed by atoms with van der Waals surface area (Å²) in [4.78, 5) is 12.0. The van der Waals surface area contributed by atoms with Gasteiger partial charge in [-0.2, -0.15) is 0 Å². The third-order valence-electron chi connectivity index (χ3n) is 2.24. The molecule has 0 amide bonds. The average molecular weight is 303 g/mol. The number of hydrogen-bond acceptors (Lipinski definition) is 6. The van der Waals surface area contributed by atoms with Gasteiger partial charge in [-0.25, -0.2) is 4.79 Å². The zero-order chi connectivity index (χ0) is 14.3. The molecule has 19 heavy (non-hydrogen) atoms. The second-order valence-corrected chi connectivity index (χ2v) is 5.89. The molecule has 1 N–H and O–H groups in total. The van der Waals surface area contributed by atoms with E-state index in [0.29, 0.717) is 5.75 Å². The van der Waals surface area contributed by atoms with Gasteiger partial charge in [-0.1, -0.05) is 30.4 Å². The van der Waals surface area contributed by atoms with Crippen LogP contribution >= 0.6 is 19.8 Å². The van der Waals surface area contributed by atoms with Crippen molar-refractivity contribution >= 4 is 31.3 Å². The van der Waals surface area contributed by atoms with E-state index in [9.17, 15) is 9.36 Å². The number of nitrogens with one attached hydrogen (secondary N) is 1. The van der Waals surface area contributed by atoms with Gasteiger partial charge >= 0.3 is 13.6 Å². The van der Waals surface area contributed by atoms with E-state index < -0.39 is 19.3 Å². The van der Waals surface area contributed by atoms with E-state index in [1.807, 2.05) is 0 Å². The predicted molar refractivity (Wildman–Crippen MR) is 74.3 cm³/mol. The number of carbonyl (C=O) groups is 1. The molecule has 0 aliphatic heterocycles. The first-order chi connectivity index (χ1) is 9.07. The molecule has 0 saturated carbocycles. The van der Waals surface area contributed by atoms with Crippen LogP contribution in [-0.2, 0) is 18.4 Å². The Labute approximate surface area is 116 Å². The van der Waals surface area contributed by atoms with E-state index >= 15 is 0 Å². The summed E-state index contributed by atoms with van der Waals surface area (Å²) in [6.07, 6.45) is 0. The van der Waals surface area contributed by atoms with E-state index in [2.05, 4.69) is 17.5 Å². The lowest BCUT2D eigenvalue weighted by Gasteiger charge is -2.22. The molecule has 1 aromatic rings. The number of benzene rings is 1. The number of esters is 1. The van der Waals surface area contributed by atoms with Crippen molar-refractivity contribution in [1.82, 2.24) is 5.32 Å². The molecule has 6 nitrogen and oxygen atoms in total. The number of rotatable bonds is 7. The molecule has 0 bridgehead atoms. The van der Waals surface area contributed by atoms with E-state index in [1.165, 1.54) is 14.2 Å². The molecular formula is C11H14NO5PS. The second kappa shape index (κ2) is 7.35. The van der Waals surface area contributed by atoms with Crippen molar-refractivity contribution in [2.75, 3.05) is 14.2 Å². The minimum Gasteiger partial charge on any atom is -0.425 e. The molecule has 0 aliphatic rings. The summed E-state index contributed by atoms with van der Waals surface area (Å²) < 4.78 is 26.8. The number of ether oxygens (including phenoxy) is 1. The highest BCUT2D eigenvalue weighted by atomic mass is 32.1. The van der Waals surface area contributed by atoms with Crippen LogP contribution in [0.2, 0.25) is 0 Å². The molecule has 0 aromatic heterocycles. The quantitative estimate of drug-likeness (QED) is 0.357. The standard InChI is InChI=1S/C11H14NO5PS/c1-15-18(14,16-2)10(12-8-19)11(13)17-9-6-4-3-5-7-9/h3-8,10H,1-2H3,(H,12,19). The number of carbonyl (C=O) groups excluding carboxylic acids is 1. The summed E-state index contributed by atoms with van der Waals surface area (Å²) in [6.45, 7) is 0. The van der Waals surface area contributed by atoms with Gasteiger partial charge in [0.05, 0.1) is 5.49 Å². The fourth-order valence-corrected chi connectivity index (χ4v) is 2.67. The molecule has 104 valence electrons. The third kappa shape index (κ3) is 4.11. The van der Waals surface area contributed by atoms with Gasteiger partial charge in [-0.3, -0.25) is 4.57 Å². The van der Waals surface area contributed by atoms with E-state index in [-0.39, 0.29) is 0 Å². The fourth-order valence-electron chi connectivity index (χ4n) is 1.30. The zero-order valence-corrected chi connectivity index (χ0v) is 12.1. The minimum absolute atomic E-state index is 0.322. The molecule has 0 radical (unpaired) electrons. The Morgan fingerprint density at radius 1 is 1.32 bits per heavy atom. The molecule has 8 heteroatoms. The Hall–Kier alpha value is -1.27. The summed E-state index contributed by atoms with van der Waals surface area (Å²) in [5.41, 5.74) is 1.06. The number of hydrogen-bond donors (Lipinski definition) is 1. The normalized spacial score (nSPS) is 12.5. The maximum absolute atomic E-state index is 12.2. The van der Waals surface area contributed by atoms with Gasteiger partial charge in [0.2, 0.25) is 5.78 Å². The van der Waals surface area contributed by atoms with Crippen molar-refractivity contribution in [1.29, 1.82) is 0 Å². The van der Waals surface area contributed by atoms with Gasteiger partial charge in [-0.05, 0) is 12.1 Å². The zero-order valence-electron chi connectivity index (χ0n) is 10.4. The third-order valence-corrected chi connectivity index (χ3v) is 4.38. The molecule has 0 spiro atoms. The maximum Gasteiger partial charge on any atom is 0.363 e. The Kier molecular flexibility index (Phi) is 6.11. The molecular weight excluding hydrogens is 289 g/mol. The highest BCUT2D eigenvalue weighted by Gasteiger charge is 2.41. The second-order valence-electron chi connectivity index (χ2n) is 3.33. The first kappa shape index (κ1) is 15.8. The summed E-state index contributed by atoms with van der Waals surface area (Å²) in [5.74, 6) is -1.80. The van der Waals surface area contributed by atoms with Crippen LogP contribution in [0.15, 0.2) is 30.3 Å². The fraction of sp³-hybridized carbons (Fsp3) is 0.273. The summed E-state index contributed by atoms with van der Waals surface area (Å²) in [5, 5.41) is 2.45. The first-order valence-corrected chi connectivity index (χ1v) is 7.33. The number of thiocarbonyl (C=S) groups is 1. The molecule has 0 heterocycles. The monoisotopic (exact) mass is 303 g/mol. The molecule has 1 unspecified atom stereocenters. The van der Waals surface area contributed by atoms with E-state index in [4.69, 9.17) is 13.8 Å². The van der Waals surface area contributed by atoms with Crippen LogP contribution in [0.25, 0.3) is 0 Å². The van der Waals surface area contributed by atoms with Crippen LogP contribution in [-0.4, -0.2) is 31.5 Å². The van der Waals surface area contributed by atoms with Gasteiger partial charge in [0, 0.05) is 14.2 Å². The molecule has 0 saturated heterocycles. The van der Waals surface area contributed by atoms with Gasteiger partial charge < -0.3 is 19.1 Å². The Bertz CT molecular complexity index is 473. The van der Waals surface area contributed by atoms with Gasteiger partial charge in [0.15, 0.2) is 0 Å². The molecule has 0 fully saturated rings. The molecule has 1 atom stereocenters. The summed E-state index contributed by atoms with van der Waals surface area (Å²) in [6, 6.07) is 8.38. The van der Waals surface area contributed by atoms with Crippen LogP contribution in [0, 0.1) is 0 Å². The lowest BCUT2D eigenvalue weighted by atomic mass is 10.3. The SMILES string of the molecule is COP(=O)(OC)C(NC=S)C(=O)Oc1ccccc1. The average Bonchev–Trinajstić information content (AvgIpc) is 2.45. The smallest absolute Gasteiger partial charge is 0.363 e. The summed E-state index contributed by atoms with van der Waals surface area (Å²) >= 11 is 4.60. The lowest BCUT2D eigenvalue weighted by Crippen LogP contribution is -2.39. The first-order valence-electron chi connectivity index (χ1n) is 5.25. The van der Waals surface area contributed by atoms with Gasteiger partial charge in [0.1, 0.15) is 5.75 Å². The minimum atomic E-state index is -3.68. The van der Waals surface area contributed by atoms with Gasteiger partial charge in [-0.15, -0.1) is 0 Å². The largest absolute Gasteiger partial charge is 0.425 e. The molecule has 1 aromatic carbocycles. The molecule has 0 aliphatic carbocycles. The maximum atomic E-state index is 12.2. The highest BCUT2D eigenvalue weighted by molar-refractivity contribution is 7.78. The lowest BCUT2D eigenvalue weighted by molar-refractivity contribution is -0.134. The Morgan fingerprint density at radius 2 is 1.89 bits per heavy atom. The molecule has 1 rings (SSSR count). The van der Waals surface area contributed by atoms with Crippen molar-refractivity contribution < 1.29 is 23.1 Å². The van der Waals surface area contributed by atoms with Crippen molar-refractivity contribution in [3.05, 3.63) is 30.3 Å². The van der Waals surface area contributed by atoms with Crippen LogP contribution in [0.4, 0.5) is 0 Å². The topological polar surface area (TPSA) is 73.9 Å². The van der Waals surface area contributed by atoms with Crippen LogP contribution in [0.3, 0.4) is 0 Å². The van der Waals surface area contributed by atoms with Crippen molar-refractivity contribution in [3.8, 4) is 5.75 Å².